The summed E-state index contributed by atoms with van der Waals surface area (Å²) in [6.45, 7) is 7.38. The Bertz CT molecular complexity index is 515. The first-order valence-corrected chi connectivity index (χ1v) is 9.06. The number of aromatic nitrogens is 1. The molecule has 24 heavy (non-hydrogen) atoms. The Balaban J connectivity index is 1.37. The summed E-state index contributed by atoms with van der Waals surface area (Å²) in [5.41, 5.74) is 0. The molecular formula is C18H29N5O. The quantitative estimate of drug-likeness (QED) is 0.486. The van der Waals surface area contributed by atoms with E-state index in [1.54, 1.807) is 12.4 Å². The van der Waals surface area contributed by atoms with Gasteiger partial charge in [-0.3, -0.25) is 9.98 Å². The molecule has 1 atom stereocenters. The first-order valence-electron chi connectivity index (χ1n) is 9.06. The van der Waals surface area contributed by atoms with Gasteiger partial charge >= 0.3 is 0 Å². The van der Waals surface area contributed by atoms with Crippen LogP contribution < -0.4 is 10.1 Å². The smallest absolute Gasteiger partial charge is 0.193 e. The van der Waals surface area contributed by atoms with Gasteiger partial charge in [-0.05, 0) is 50.4 Å². The first-order chi connectivity index (χ1) is 11.8. The number of nitrogens with one attached hydrogen (secondary N) is 1. The Labute approximate surface area is 144 Å². The van der Waals surface area contributed by atoms with E-state index in [0.29, 0.717) is 6.61 Å². The van der Waals surface area contributed by atoms with Gasteiger partial charge in [0.25, 0.3) is 0 Å². The van der Waals surface area contributed by atoms with E-state index in [2.05, 4.69) is 25.1 Å². The lowest BCUT2D eigenvalue weighted by Crippen LogP contribution is -2.42. The second-order valence-electron chi connectivity index (χ2n) is 6.62. The van der Waals surface area contributed by atoms with E-state index < -0.39 is 0 Å². The van der Waals surface area contributed by atoms with Crippen molar-refractivity contribution in [3.05, 3.63) is 24.5 Å². The van der Waals surface area contributed by atoms with Gasteiger partial charge in [0, 0.05) is 32.9 Å². The molecule has 0 saturated carbocycles. The van der Waals surface area contributed by atoms with Crippen LogP contribution in [0.4, 0.5) is 0 Å². The molecule has 1 aromatic rings. The van der Waals surface area contributed by atoms with E-state index in [-0.39, 0.29) is 0 Å². The number of rotatable bonds is 6. The molecule has 6 heteroatoms. The summed E-state index contributed by atoms with van der Waals surface area (Å²) in [5.74, 6) is 2.57. The minimum atomic E-state index is 0.607. The van der Waals surface area contributed by atoms with Crippen molar-refractivity contribution < 1.29 is 4.74 Å². The molecule has 132 valence electrons. The normalized spacial score (nSPS) is 22.1. The van der Waals surface area contributed by atoms with Gasteiger partial charge in [-0.25, -0.2) is 0 Å². The molecule has 0 bridgehead atoms. The van der Waals surface area contributed by atoms with Crippen LogP contribution in [0.3, 0.4) is 0 Å². The maximum Gasteiger partial charge on any atom is 0.193 e. The Morgan fingerprint density at radius 1 is 1.38 bits per heavy atom. The lowest BCUT2D eigenvalue weighted by atomic mass is 10.1. The van der Waals surface area contributed by atoms with Crippen molar-refractivity contribution in [2.45, 2.75) is 19.3 Å². The number of ether oxygens (including phenoxy) is 1. The van der Waals surface area contributed by atoms with Gasteiger partial charge in [0.2, 0.25) is 0 Å². The molecule has 0 aromatic carbocycles. The molecule has 1 N–H and O–H groups in total. The van der Waals surface area contributed by atoms with E-state index in [4.69, 9.17) is 4.74 Å². The van der Waals surface area contributed by atoms with Gasteiger partial charge < -0.3 is 19.9 Å². The molecule has 2 aliphatic rings. The topological polar surface area (TPSA) is 53.0 Å². The molecule has 3 heterocycles. The fraction of sp³-hybridized carbons (Fsp3) is 0.667. The van der Waals surface area contributed by atoms with Crippen molar-refractivity contribution in [2.24, 2.45) is 10.9 Å². The minimum Gasteiger partial charge on any atom is -0.490 e. The van der Waals surface area contributed by atoms with Crippen LogP contribution in [0.1, 0.15) is 19.3 Å². The Kier molecular flexibility index (Phi) is 6.29. The average molecular weight is 331 g/mol. The average Bonchev–Trinajstić information content (AvgIpc) is 3.29. The second kappa shape index (κ2) is 8.87. The summed E-state index contributed by atoms with van der Waals surface area (Å²) in [6, 6.07) is 3.80. The third kappa shape index (κ3) is 4.84. The van der Waals surface area contributed by atoms with Crippen LogP contribution in [0, 0.1) is 5.92 Å². The van der Waals surface area contributed by atoms with Gasteiger partial charge in [-0.1, -0.05) is 0 Å². The van der Waals surface area contributed by atoms with Crippen LogP contribution in [0.25, 0.3) is 0 Å². The molecule has 2 saturated heterocycles. The predicted octanol–water partition coefficient (Wildman–Crippen LogP) is 1.45. The van der Waals surface area contributed by atoms with Crippen LogP contribution in [0.5, 0.6) is 5.75 Å². The SMILES string of the molecule is CN=C(NCCOc1cccnc1)N1CCC(CN2CCCC2)C1. The van der Waals surface area contributed by atoms with Gasteiger partial charge in [0.15, 0.2) is 5.96 Å². The van der Waals surface area contributed by atoms with Crippen LogP contribution in [-0.4, -0.2) is 73.7 Å². The van der Waals surface area contributed by atoms with Crippen molar-refractivity contribution >= 4 is 5.96 Å². The van der Waals surface area contributed by atoms with Crippen LogP contribution >= 0.6 is 0 Å². The van der Waals surface area contributed by atoms with Gasteiger partial charge in [0.1, 0.15) is 12.4 Å². The largest absolute Gasteiger partial charge is 0.490 e. The van der Waals surface area contributed by atoms with Gasteiger partial charge in [-0.15, -0.1) is 0 Å². The maximum atomic E-state index is 5.67. The molecule has 3 rings (SSSR count). The predicted molar refractivity (Wildman–Crippen MR) is 96.4 cm³/mol. The van der Waals surface area contributed by atoms with Gasteiger partial charge in [-0.2, -0.15) is 0 Å². The van der Waals surface area contributed by atoms with Crippen molar-refractivity contribution in [2.75, 3.05) is 52.9 Å². The number of pyridine rings is 1. The molecule has 6 nitrogen and oxygen atoms in total. The standard InChI is InChI=1S/C18H29N5O/c1-19-18(21-8-12-24-17-5-4-7-20-13-17)23-11-6-16(15-23)14-22-9-2-3-10-22/h4-5,7,13,16H,2-3,6,8-12,14-15H2,1H3,(H,19,21). The van der Waals surface area contributed by atoms with Crippen LogP contribution in [0.15, 0.2) is 29.5 Å². The highest BCUT2D eigenvalue weighted by Gasteiger charge is 2.27. The lowest BCUT2D eigenvalue weighted by Gasteiger charge is -2.23. The van der Waals surface area contributed by atoms with E-state index in [0.717, 1.165) is 37.3 Å². The zero-order valence-electron chi connectivity index (χ0n) is 14.7. The molecule has 0 aliphatic carbocycles. The third-order valence-electron chi connectivity index (χ3n) is 4.80. The molecule has 2 fully saturated rings. The summed E-state index contributed by atoms with van der Waals surface area (Å²) < 4.78 is 5.67. The number of nitrogens with zero attached hydrogens (tertiary/aromatic N) is 4. The molecule has 2 aliphatic heterocycles. The summed E-state index contributed by atoms with van der Waals surface area (Å²) in [6.07, 6.45) is 7.49. The summed E-state index contributed by atoms with van der Waals surface area (Å²) in [4.78, 5) is 13.5. The Morgan fingerprint density at radius 2 is 2.25 bits per heavy atom. The van der Waals surface area contributed by atoms with Crippen molar-refractivity contribution in [1.29, 1.82) is 0 Å². The van der Waals surface area contributed by atoms with E-state index in [1.165, 1.54) is 38.9 Å². The molecule has 1 aromatic heterocycles. The number of hydrogen-bond donors (Lipinski definition) is 1. The van der Waals surface area contributed by atoms with Crippen molar-refractivity contribution in [1.82, 2.24) is 20.1 Å². The third-order valence-corrected chi connectivity index (χ3v) is 4.80. The number of guanidine groups is 1. The molecular weight excluding hydrogens is 302 g/mol. The highest BCUT2D eigenvalue weighted by atomic mass is 16.5. The van der Waals surface area contributed by atoms with E-state index >= 15 is 0 Å². The van der Waals surface area contributed by atoms with Crippen LogP contribution in [-0.2, 0) is 0 Å². The number of aliphatic imine (C=N–C) groups is 1. The number of likely N-dealkylation sites (tertiary alicyclic amines) is 2. The summed E-state index contributed by atoms with van der Waals surface area (Å²) >= 11 is 0. The zero-order chi connectivity index (χ0) is 16.6. The van der Waals surface area contributed by atoms with E-state index in [9.17, 15) is 0 Å². The minimum absolute atomic E-state index is 0.607. The monoisotopic (exact) mass is 331 g/mol. The van der Waals surface area contributed by atoms with Crippen molar-refractivity contribution in [3.63, 3.8) is 0 Å². The van der Waals surface area contributed by atoms with E-state index in [1.807, 2.05) is 19.2 Å². The molecule has 0 radical (unpaired) electrons. The highest BCUT2D eigenvalue weighted by Crippen LogP contribution is 2.19. The fourth-order valence-electron chi connectivity index (χ4n) is 3.60. The Hall–Kier alpha value is -1.82. The number of hydrogen-bond acceptors (Lipinski definition) is 4. The summed E-state index contributed by atoms with van der Waals surface area (Å²) in [7, 11) is 1.86. The second-order valence-corrected chi connectivity index (χ2v) is 6.62. The molecule has 0 spiro atoms. The zero-order valence-corrected chi connectivity index (χ0v) is 14.7. The maximum absolute atomic E-state index is 5.67. The molecule has 0 amide bonds. The Morgan fingerprint density at radius 3 is 3.00 bits per heavy atom. The van der Waals surface area contributed by atoms with Crippen LogP contribution in [0.2, 0.25) is 0 Å². The van der Waals surface area contributed by atoms with Gasteiger partial charge in [0.05, 0.1) is 12.7 Å². The first kappa shape index (κ1) is 17.0. The van der Waals surface area contributed by atoms with Crippen molar-refractivity contribution in [3.8, 4) is 5.75 Å². The summed E-state index contributed by atoms with van der Waals surface area (Å²) in [5, 5.41) is 3.41. The molecule has 1 unspecified atom stereocenters. The highest BCUT2D eigenvalue weighted by molar-refractivity contribution is 5.80. The lowest BCUT2D eigenvalue weighted by molar-refractivity contribution is 0.280. The fourth-order valence-corrected chi connectivity index (χ4v) is 3.60.